The van der Waals surface area contributed by atoms with E-state index in [0.29, 0.717) is 25.1 Å². The number of halogens is 1. The number of amides is 1. The fourth-order valence-electron chi connectivity index (χ4n) is 4.17. The minimum absolute atomic E-state index is 0.0854. The summed E-state index contributed by atoms with van der Waals surface area (Å²) < 4.78 is 23.5. The Morgan fingerprint density at radius 1 is 1.06 bits per heavy atom. The second-order valence-electron chi connectivity index (χ2n) is 8.78. The minimum Gasteiger partial charge on any atom is -0.482 e. The van der Waals surface area contributed by atoms with E-state index < -0.39 is 5.97 Å². The monoisotopic (exact) mass is 456 g/mol. The third kappa shape index (κ3) is 6.78. The van der Waals surface area contributed by atoms with Gasteiger partial charge in [-0.05, 0) is 62.1 Å². The Bertz CT molecular complexity index is 963. The van der Waals surface area contributed by atoms with E-state index in [2.05, 4.69) is 23.5 Å². The molecule has 1 heterocycles. The van der Waals surface area contributed by atoms with E-state index in [1.165, 1.54) is 19.2 Å². The molecule has 1 aliphatic heterocycles. The van der Waals surface area contributed by atoms with Gasteiger partial charge < -0.3 is 14.4 Å². The maximum Gasteiger partial charge on any atom is 0.343 e. The summed E-state index contributed by atoms with van der Waals surface area (Å²) in [4.78, 5) is 28.8. The molecular weight excluding hydrogens is 423 g/mol. The van der Waals surface area contributed by atoms with Crippen LogP contribution in [0.3, 0.4) is 0 Å². The average molecular weight is 457 g/mol. The number of esters is 1. The third-order valence-electron chi connectivity index (χ3n) is 6.14. The molecule has 178 valence electrons. The first-order valence-electron chi connectivity index (χ1n) is 11.3. The third-order valence-corrected chi connectivity index (χ3v) is 6.14. The summed E-state index contributed by atoms with van der Waals surface area (Å²) in [7, 11) is 1.32. The van der Waals surface area contributed by atoms with Crippen molar-refractivity contribution in [3.05, 3.63) is 65.0 Å². The van der Waals surface area contributed by atoms with Crippen molar-refractivity contribution in [3.8, 4) is 5.75 Å². The van der Waals surface area contributed by atoms with Crippen LogP contribution in [0.1, 0.15) is 37.0 Å². The zero-order valence-electron chi connectivity index (χ0n) is 19.8. The average Bonchev–Trinajstić information content (AvgIpc) is 2.80. The molecule has 33 heavy (non-hydrogen) atoms. The molecule has 2 aromatic rings. The molecule has 0 radical (unpaired) electrons. The number of hydrogen-bond acceptors (Lipinski definition) is 5. The molecular formula is C26H33FN2O4. The van der Waals surface area contributed by atoms with Crippen molar-refractivity contribution in [1.29, 1.82) is 0 Å². The first-order valence-corrected chi connectivity index (χ1v) is 11.3. The van der Waals surface area contributed by atoms with Gasteiger partial charge in [0.05, 0.1) is 7.11 Å². The van der Waals surface area contributed by atoms with E-state index >= 15 is 0 Å². The number of carbonyl (C=O) groups excluding carboxylic acids is 2. The van der Waals surface area contributed by atoms with E-state index in [0.717, 1.165) is 29.8 Å². The van der Waals surface area contributed by atoms with E-state index in [1.54, 1.807) is 0 Å². The predicted molar refractivity (Wildman–Crippen MR) is 124 cm³/mol. The fourth-order valence-corrected chi connectivity index (χ4v) is 4.17. The smallest absolute Gasteiger partial charge is 0.343 e. The zero-order chi connectivity index (χ0) is 24.0. The molecule has 0 unspecified atom stereocenters. The standard InChI is InChI=1S/C26H33FN2O4/c1-18-5-8-22(24(13-18)33-17-26(31)32-4)9-12-25(30)29-15-19(2)28(14-20(29)3)16-21-6-10-23(27)11-7-21/h5-8,10-11,13,19-20H,9,12,14-17H2,1-4H3/t19-,20+/m0/s1. The quantitative estimate of drug-likeness (QED) is 0.567. The van der Waals surface area contributed by atoms with Crippen LogP contribution >= 0.6 is 0 Å². The van der Waals surface area contributed by atoms with Crippen LogP contribution < -0.4 is 4.74 Å². The summed E-state index contributed by atoms with van der Waals surface area (Å²) in [5, 5.41) is 0. The van der Waals surface area contributed by atoms with Gasteiger partial charge in [0, 0.05) is 38.1 Å². The molecule has 7 heteroatoms. The van der Waals surface area contributed by atoms with Crippen LogP contribution in [0.4, 0.5) is 4.39 Å². The van der Waals surface area contributed by atoms with Crippen molar-refractivity contribution < 1.29 is 23.5 Å². The molecule has 0 aliphatic carbocycles. The highest BCUT2D eigenvalue weighted by atomic mass is 19.1. The van der Waals surface area contributed by atoms with Crippen LogP contribution in [0.15, 0.2) is 42.5 Å². The van der Waals surface area contributed by atoms with Crippen LogP contribution in [0.5, 0.6) is 5.75 Å². The summed E-state index contributed by atoms with van der Waals surface area (Å²) in [5.74, 6) is 0.0388. The van der Waals surface area contributed by atoms with Gasteiger partial charge in [-0.3, -0.25) is 9.69 Å². The second kappa shape index (κ2) is 11.3. The number of carbonyl (C=O) groups is 2. The van der Waals surface area contributed by atoms with Crippen LogP contribution in [0.2, 0.25) is 0 Å². The van der Waals surface area contributed by atoms with Gasteiger partial charge in [0.25, 0.3) is 0 Å². The minimum atomic E-state index is -0.445. The van der Waals surface area contributed by atoms with Gasteiger partial charge in [-0.1, -0.05) is 24.3 Å². The Hall–Kier alpha value is -2.93. The number of rotatable bonds is 8. The van der Waals surface area contributed by atoms with Gasteiger partial charge in [0.15, 0.2) is 6.61 Å². The molecule has 3 rings (SSSR count). The summed E-state index contributed by atoms with van der Waals surface area (Å²) >= 11 is 0. The molecule has 0 saturated carbocycles. The van der Waals surface area contributed by atoms with Crippen molar-refractivity contribution in [2.24, 2.45) is 0 Å². The second-order valence-corrected chi connectivity index (χ2v) is 8.78. The highest BCUT2D eigenvalue weighted by molar-refractivity contribution is 5.77. The molecule has 2 atom stereocenters. The number of ether oxygens (including phenoxy) is 2. The molecule has 0 aromatic heterocycles. The van der Waals surface area contributed by atoms with Crippen molar-refractivity contribution in [2.45, 2.75) is 52.2 Å². The Morgan fingerprint density at radius 3 is 2.48 bits per heavy atom. The van der Waals surface area contributed by atoms with Gasteiger partial charge in [0.1, 0.15) is 11.6 Å². The van der Waals surface area contributed by atoms with E-state index in [9.17, 15) is 14.0 Å². The Labute approximate surface area is 195 Å². The normalized spacial score (nSPS) is 18.8. The van der Waals surface area contributed by atoms with Gasteiger partial charge >= 0.3 is 5.97 Å². The largest absolute Gasteiger partial charge is 0.482 e. The van der Waals surface area contributed by atoms with Crippen LogP contribution in [0, 0.1) is 12.7 Å². The highest BCUT2D eigenvalue weighted by Crippen LogP contribution is 2.24. The maximum absolute atomic E-state index is 13.2. The van der Waals surface area contributed by atoms with Crippen LogP contribution in [0.25, 0.3) is 0 Å². The van der Waals surface area contributed by atoms with Crippen molar-refractivity contribution in [3.63, 3.8) is 0 Å². The number of aryl methyl sites for hydroxylation is 2. The number of methoxy groups -OCH3 is 1. The topological polar surface area (TPSA) is 59.1 Å². The number of hydrogen-bond donors (Lipinski definition) is 0. The van der Waals surface area contributed by atoms with E-state index in [-0.39, 0.29) is 30.4 Å². The molecule has 1 amide bonds. The molecule has 0 spiro atoms. The summed E-state index contributed by atoms with van der Waals surface area (Å²) in [6, 6.07) is 12.7. The molecule has 0 bridgehead atoms. The Kier molecular flexibility index (Phi) is 8.44. The molecule has 6 nitrogen and oxygen atoms in total. The molecule has 2 aromatic carbocycles. The Morgan fingerprint density at radius 2 is 1.79 bits per heavy atom. The van der Waals surface area contributed by atoms with Crippen molar-refractivity contribution in [2.75, 3.05) is 26.8 Å². The van der Waals surface area contributed by atoms with Gasteiger partial charge in [-0.25, -0.2) is 9.18 Å². The maximum atomic E-state index is 13.2. The molecule has 1 saturated heterocycles. The molecule has 0 N–H and O–H groups in total. The van der Waals surface area contributed by atoms with Crippen molar-refractivity contribution in [1.82, 2.24) is 9.80 Å². The van der Waals surface area contributed by atoms with Crippen LogP contribution in [-0.2, 0) is 27.3 Å². The lowest BCUT2D eigenvalue weighted by Gasteiger charge is -2.44. The van der Waals surface area contributed by atoms with Crippen molar-refractivity contribution >= 4 is 11.9 Å². The molecule has 1 fully saturated rings. The number of piperazine rings is 1. The summed E-state index contributed by atoms with van der Waals surface area (Å²) in [6.45, 7) is 8.13. The number of nitrogens with zero attached hydrogens (tertiary/aromatic N) is 2. The highest BCUT2D eigenvalue weighted by Gasteiger charge is 2.31. The lowest BCUT2D eigenvalue weighted by Crippen LogP contribution is -2.57. The number of benzene rings is 2. The lowest BCUT2D eigenvalue weighted by atomic mass is 10.0. The fraction of sp³-hybridized carbons (Fsp3) is 0.462. The van der Waals surface area contributed by atoms with E-state index in [1.807, 2.05) is 42.2 Å². The van der Waals surface area contributed by atoms with E-state index in [4.69, 9.17) is 4.74 Å². The van der Waals surface area contributed by atoms with Gasteiger partial charge in [-0.2, -0.15) is 0 Å². The van der Waals surface area contributed by atoms with Gasteiger partial charge in [-0.15, -0.1) is 0 Å². The predicted octanol–water partition coefficient (Wildman–Crippen LogP) is 3.74. The Balaban J connectivity index is 1.58. The van der Waals surface area contributed by atoms with Crippen LogP contribution in [-0.4, -0.2) is 60.6 Å². The zero-order valence-corrected chi connectivity index (χ0v) is 19.8. The summed E-state index contributed by atoms with van der Waals surface area (Å²) in [5.41, 5.74) is 2.98. The van der Waals surface area contributed by atoms with Gasteiger partial charge in [0.2, 0.25) is 5.91 Å². The first-order chi connectivity index (χ1) is 15.8. The first kappa shape index (κ1) is 24.7. The summed E-state index contributed by atoms with van der Waals surface area (Å²) in [6.07, 6.45) is 0.902. The lowest BCUT2D eigenvalue weighted by molar-refractivity contribution is -0.143. The SMILES string of the molecule is COC(=O)COc1cc(C)ccc1CCC(=O)N1C[C@H](C)N(Cc2ccc(F)cc2)C[C@H]1C. The molecule has 1 aliphatic rings.